The van der Waals surface area contributed by atoms with Crippen LogP contribution in [0.1, 0.15) is 33.1 Å². The van der Waals surface area contributed by atoms with Crippen molar-refractivity contribution in [1.29, 1.82) is 0 Å². The number of rotatable bonds is 2. The first-order valence-corrected chi connectivity index (χ1v) is 8.59. The van der Waals surface area contributed by atoms with E-state index in [0.717, 1.165) is 6.42 Å². The summed E-state index contributed by atoms with van der Waals surface area (Å²) < 4.78 is 13.2. The molecule has 3 rings (SSSR count). The van der Waals surface area contributed by atoms with Gasteiger partial charge in [-0.3, -0.25) is 0 Å². The molecule has 0 radical (unpaired) electrons. The molecular weight excluding hydrogens is 327 g/mol. The highest BCUT2D eigenvalue weighted by atomic mass is 32.1. The Morgan fingerprint density at radius 1 is 1.38 bits per heavy atom. The summed E-state index contributed by atoms with van der Waals surface area (Å²) in [5.41, 5.74) is 0.731. The molecule has 3 N–H and O–H groups in total. The van der Waals surface area contributed by atoms with Gasteiger partial charge in [0.15, 0.2) is 5.69 Å². The number of hydrogen-bond donors (Lipinski definition) is 3. The Morgan fingerprint density at radius 2 is 2.17 bits per heavy atom. The van der Waals surface area contributed by atoms with Gasteiger partial charge in [0.2, 0.25) is 11.0 Å². The molecule has 1 aromatic heterocycles. The smallest absolute Gasteiger partial charge is 0.218 e. The maximum atomic E-state index is 13.2. The van der Waals surface area contributed by atoms with E-state index in [0.29, 0.717) is 33.9 Å². The van der Waals surface area contributed by atoms with E-state index < -0.39 is 0 Å². The van der Waals surface area contributed by atoms with Crippen molar-refractivity contribution >= 4 is 33.9 Å². The molecule has 7 heteroatoms. The minimum Gasteiger partial charge on any atom is -0.493 e. The zero-order valence-electron chi connectivity index (χ0n) is 13.7. The maximum Gasteiger partial charge on any atom is 0.218 e. The van der Waals surface area contributed by atoms with Gasteiger partial charge in [0, 0.05) is 11.4 Å². The molecule has 5 nitrogen and oxygen atoms in total. The van der Waals surface area contributed by atoms with Gasteiger partial charge in [-0.25, -0.2) is 4.39 Å². The van der Waals surface area contributed by atoms with Crippen LogP contribution in [0.5, 0.6) is 5.88 Å². The van der Waals surface area contributed by atoms with Crippen LogP contribution in [0, 0.1) is 17.7 Å². The summed E-state index contributed by atoms with van der Waals surface area (Å²) in [5.74, 6) is 0.645. The van der Waals surface area contributed by atoms with E-state index in [1.54, 1.807) is 6.07 Å². The normalized spacial score (nSPS) is 24.5. The molecule has 0 saturated heterocycles. The van der Waals surface area contributed by atoms with Crippen LogP contribution in [0.4, 0.5) is 10.1 Å². The molecule has 0 bridgehead atoms. The summed E-state index contributed by atoms with van der Waals surface area (Å²) in [4.78, 5) is 2.68. The van der Waals surface area contributed by atoms with Gasteiger partial charge in [-0.15, -0.1) is 10.2 Å². The first-order chi connectivity index (χ1) is 11.5. The number of fused-ring (bicyclic) bond motifs is 1. The summed E-state index contributed by atoms with van der Waals surface area (Å²) in [7, 11) is 0. The van der Waals surface area contributed by atoms with Crippen molar-refractivity contribution < 1.29 is 9.50 Å². The van der Waals surface area contributed by atoms with Gasteiger partial charge in [0.25, 0.3) is 0 Å². The molecule has 0 amide bonds. The van der Waals surface area contributed by atoms with Crippen molar-refractivity contribution in [2.45, 2.75) is 39.2 Å². The van der Waals surface area contributed by atoms with E-state index in [2.05, 4.69) is 34.4 Å². The molecule has 128 valence electrons. The molecule has 1 fully saturated rings. The predicted octanol–water partition coefficient (Wildman–Crippen LogP) is 4.80. The molecule has 0 spiro atoms. The van der Waals surface area contributed by atoms with Crippen LogP contribution in [0.15, 0.2) is 28.4 Å². The van der Waals surface area contributed by atoms with Crippen LogP contribution >= 0.6 is 12.2 Å². The average molecular weight is 348 g/mol. The van der Waals surface area contributed by atoms with Gasteiger partial charge < -0.3 is 15.4 Å². The Bertz CT molecular complexity index is 788. The first-order valence-electron chi connectivity index (χ1n) is 8.18. The Labute approximate surface area is 145 Å². The molecule has 0 aliphatic heterocycles. The van der Waals surface area contributed by atoms with Crippen molar-refractivity contribution in [3.8, 4) is 5.88 Å². The highest BCUT2D eigenvalue weighted by Gasteiger charge is 2.27. The number of H-pyrrole nitrogens is 1. The number of thiocarbonyl (C=S) groups is 1. The Morgan fingerprint density at radius 3 is 2.96 bits per heavy atom. The third kappa shape index (κ3) is 3.40. The fourth-order valence-corrected chi connectivity index (χ4v) is 3.50. The number of azo groups is 1. The summed E-state index contributed by atoms with van der Waals surface area (Å²) in [6, 6.07) is 4.47. The van der Waals surface area contributed by atoms with Gasteiger partial charge in [-0.05, 0) is 48.7 Å². The molecule has 1 heterocycles. The zero-order chi connectivity index (χ0) is 17.3. The van der Waals surface area contributed by atoms with Crippen LogP contribution in [-0.2, 0) is 0 Å². The topological polar surface area (TPSA) is 72.8 Å². The fourth-order valence-electron chi connectivity index (χ4n) is 3.31. The lowest BCUT2D eigenvalue weighted by atomic mass is 9.78. The number of halogens is 1. The lowest BCUT2D eigenvalue weighted by molar-refractivity contribution is 0.225. The number of aromatic nitrogens is 1. The van der Waals surface area contributed by atoms with E-state index >= 15 is 0 Å². The lowest BCUT2D eigenvalue weighted by Gasteiger charge is -2.34. The summed E-state index contributed by atoms with van der Waals surface area (Å²) in [5, 5.41) is 22.2. The van der Waals surface area contributed by atoms with Gasteiger partial charge in [-0.1, -0.05) is 26.7 Å². The van der Waals surface area contributed by atoms with Crippen molar-refractivity contribution in [1.82, 2.24) is 10.3 Å². The first kappa shape index (κ1) is 16.8. The summed E-state index contributed by atoms with van der Waals surface area (Å²) in [6.45, 7) is 4.48. The number of nitrogens with zero attached hydrogens (tertiary/aromatic N) is 2. The third-order valence-corrected chi connectivity index (χ3v) is 5.17. The monoisotopic (exact) mass is 348 g/mol. The van der Waals surface area contributed by atoms with Crippen LogP contribution in [0.25, 0.3) is 10.9 Å². The quantitative estimate of drug-likeness (QED) is 0.539. The van der Waals surface area contributed by atoms with E-state index in [9.17, 15) is 9.50 Å². The second kappa shape index (κ2) is 6.84. The zero-order valence-corrected chi connectivity index (χ0v) is 14.5. The molecule has 1 aromatic carbocycles. The number of benzene rings is 1. The van der Waals surface area contributed by atoms with E-state index in [4.69, 9.17) is 12.2 Å². The maximum absolute atomic E-state index is 13.2. The largest absolute Gasteiger partial charge is 0.493 e. The third-order valence-electron chi connectivity index (χ3n) is 4.97. The van der Waals surface area contributed by atoms with Crippen molar-refractivity contribution in [2.24, 2.45) is 22.1 Å². The molecule has 1 aliphatic carbocycles. The number of nitrogens with one attached hydrogen (secondary N) is 2. The number of aromatic hydroxyl groups is 1. The minimum atomic E-state index is -0.384. The summed E-state index contributed by atoms with van der Waals surface area (Å²) in [6.07, 6.45) is 3.49. The van der Waals surface area contributed by atoms with Gasteiger partial charge in [0.05, 0.1) is 5.52 Å². The predicted molar refractivity (Wildman–Crippen MR) is 96.1 cm³/mol. The van der Waals surface area contributed by atoms with Crippen molar-refractivity contribution in [3.63, 3.8) is 0 Å². The molecule has 1 aliphatic rings. The minimum absolute atomic E-state index is 0.151. The Balaban J connectivity index is 1.74. The van der Waals surface area contributed by atoms with Gasteiger partial charge in [-0.2, -0.15) is 0 Å². The molecule has 24 heavy (non-hydrogen) atoms. The average Bonchev–Trinajstić information content (AvgIpc) is 2.84. The highest BCUT2D eigenvalue weighted by molar-refractivity contribution is 7.80. The number of aromatic amines is 1. The second-order valence-corrected chi connectivity index (χ2v) is 6.92. The van der Waals surface area contributed by atoms with Crippen LogP contribution < -0.4 is 5.32 Å². The molecular formula is C17H21FN4OS. The van der Waals surface area contributed by atoms with Gasteiger partial charge >= 0.3 is 0 Å². The number of hydrogen-bond acceptors (Lipinski definition) is 3. The SMILES string of the molecule is C[C@@H]1[C@H](C)CCC[C@@H]1NC(=S)N=Nc1c(O)[nH]c2cc(F)ccc12. The van der Waals surface area contributed by atoms with Crippen LogP contribution in [0.2, 0.25) is 0 Å². The van der Waals surface area contributed by atoms with Crippen LogP contribution in [-0.4, -0.2) is 21.2 Å². The van der Waals surface area contributed by atoms with E-state index in [1.807, 2.05) is 0 Å². The molecule has 2 aromatic rings. The highest BCUT2D eigenvalue weighted by Crippen LogP contribution is 2.35. The fraction of sp³-hybridized carbons (Fsp3) is 0.471. The molecule has 1 saturated carbocycles. The second-order valence-electron chi connectivity index (χ2n) is 6.54. The molecule has 3 atom stereocenters. The van der Waals surface area contributed by atoms with Gasteiger partial charge in [0.1, 0.15) is 5.82 Å². The van der Waals surface area contributed by atoms with Crippen LogP contribution in [0.3, 0.4) is 0 Å². The summed E-state index contributed by atoms with van der Waals surface area (Å²) >= 11 is 5.26. The van der Waals surface area contributed by atoms with Crippen molar-refractivity contribution in [2.75, 3.05) is 0 Å². The molecule has 0 unspecified atom stereocenters. The standard InChI is InChI=1S/C17H21FN4OS/c1-9-4-3-5-13(10(9)2)20-17(24)22-21-15-12-7-6-11(18)8-14(12)19-16(15)23/h6-10,13,19,23H,3-5H2,1-2H3,(H,20,24)/t9-,10-,13+/m1/s1. The Kier molecular flexibility index (Phi) is 4.80. The Hall–Kier alpha value is -2.02. The van der Waals surface area contributed by atoms with E-state index in [-0.39, 0.29) is 17.4 Å². The van der Waals surface area contributed by atoms with E-state index in [1.165, 1.54) is 25.0 Å². The van der Waals surface area contributed by atoms with Crippen molar-refractivity contribution in [3.05, 3.63) is 24.0 Å². The lowest BCUT2D eigenvalue weighted by Crippen LogP contribution is -2.42.